The molecule has 1 heterocycles. The van der Waals surface area contributed by atoms with E-state index in [1.165, 1.54) is 19.2 Å². The molecule has 0 saturated carbocycles. The molecule has 0 aliphatic heterocycles. The van der Waals surface area contributed by atoms with Gasteiger partial charge in [0.2, 0.25) is 5.43 Å². The molecule has 0 amide bonds. The highest BCUT2D eigenvalue weighted by Gasteiger charge is 2.11. The molecular weight excluding hydrogens is 393 g/mol. The number of aryl methyl sites for hydroxylation is 1. The Morgan fingerprint density at radius 3 is 2.72 bits per heavy atom. The fourth-order valence-electron chi connectivity index (χ4n) is 2.92. The van der Waals surface area contributed by atoms with Crippen LogP contribution in [-0.2, 0) is 6.54 Å². The molecule has 5 nitrogen and oxygen atoms in total. The normalized spacial score (nSPS) is 11.1. The molecule has 29 heavy (non-hydrogen) atoms. The van der Waals surface area contributed by atoms with Gasteiger partial charge in [0.25, 0.3) is 0 Å². The van der Waals surface area contributed by atoms with Crippen molar-refractivity contribution in [3.63, 3.8) is 0 Å². The summed E-state index contributed by atoms with van der Waals surface area (Å²) in [4.78, 5) is 16.4. The molecule has 0 atom stereocenters. The fraction of sp³-hybridized carbons (Fsp3) is 0.182. The van der Waals surface area contributed by atoms with E-state index in [2.05, 4.69) is 10.3 Å². The number of nitrogens with one attached hydrogen (secondary N) is 1. The number of halogens is 2. The minimum atomic E-state index is -0.476. The summed E-state index contributed by atoms with van der Waals surface area (Å²) >= 11 is 5.91. The van der Waals surface area contributed by atoms with Crippen LogP contribution in [0.2, 0.25) is 5.02 Å². The molecule has 3 aromatic rings. The number of benzene rings is 2. The highest BCUT2D eigenvalue weighted by molar-refractivity contribution is 6.30. The van der Waals surface area contributed by atoms with Gasteiger partial charge in [-0.2, -0.15) is 0 Å². The van der Waals surface area contributed by atoms with Crippen molar-refractivity contribution < 1.29 is 9.13 Å². The molecule has 1 aromatic heterocycles. The van der Waals surface area contributed by atoms with Crippen molar-refractivity contribution >= 4 is 29.3 Å². The zero-order valence-electron chi connectivity index (χ0n) is 16.4. The molecule has 7 heteroatoms. The number of pyridine rings is 1. The minimum Gasteiger partial charge on any atom is -0.491 e. The average molecular weight is 414 g/mol. The number of aromatic nitrogens is 1. The van der Waals surface area contributed by atoms with Gasteiger partial charge < -0.3 is 14.6 Å². The molecule has 150 valence electrons. The summed E-state index contributed by atoms with van der Waals surface area (Å²) < 4.78 is 20.5. The molecule has 0 saturated heterocycles. The maximum absolute atomic E-state index is 13.5. The number of ether oxygens (including phenoxy) is 1. The smallest absolute Gasteiger partial charge is 0.225 e. The largest absolute Gasteiger partial charge is 0.491 e. The standard InChI is InChI=1S/C22H21ClFN3O2/c1-14-4-5-15(11-25-2)9-19(14)26-22-10-20(28)21(29-3)13-27(22)12-16-6-7-18(24)17(23)8-16/h4-11,13,26H,12H2,1-3H3. The Morgan fingerprint density at radius 1 is 1.24 bits per heavy atom. The highest BCUT2D eigenvalue weighted by atomic mass is 35.5. The lowest BCUT2D eigenvalue weighted by molar-refractivity contribution is 0.406. The maximum atomic E-state index is 13.5. The summed E-state index contributed by atoms with van der Waals surface area (Å²) in [5.41, 5.74) is 3.34. The van der Waals surface area contributed by atoms with Crippen LogP contribution in [0.15, 0.2) is 58.4 Å². The SMILES string of the molecule is CN=Cc1ccc(C)c(Nc2cc(=O)c(OC)cn2Cc2ccc(F)c(Cl)c2)c1. The lowest BCUT2D eigenvalue weighted by atomic mass is 10.1. The van der Waals surface area contributed by atoms with Gasteiger partial charge in [0.1, 0.15) is 11.6 Å². The Morgan fingerprint density at radius 2 is 2.03 bits per heavy atom. The molecule has 3 rings (SSSR count). The van der Waals surface area contributed by atoms with Gasteiger partial charge in [0, 0.05) is 31.6 Å². The van der Waals surface area contributed by atoms with Gasteiger partial charge in [-0.05, 0) is 41.8 Å². The maximum Gasteiger partial charge on any atom is 0.225 e. The average Bonchev–Trinajstić information content (AvgIpc) is 2.69. The van der Waals surface area contributed by atoms with Crippen LogP contribution in [0, 0.1) is 12.7 Å². The van der Waals surface area contributed by atoms with Crippen LogP contribution in [0.3, 0.4) is 0 Å². The highest BCUT2D eigenvalue weighted by Crippen LogP contribution is 2.24. The van der Waals surface area contributed by atoms with Crippen LogP contribution in [0.5, 0.6) is 5.75 Å². The van der Waals surface area contributed by atoms with Crippen LogP contribution in [0.1, 0.15) is 16.7 Å². The Kier molecular flexibility index (Phi) is 6.34. The quantitative estimate of drug-likeness (QED) is 0.590. The van der Waals surface area contributed by atoms with E-state index in [1.54, 1.807) is 31.6 Å². The summed E-state index contributed by atoms with van der Waals surface area (Å²) in [6.45, 7) is 2.34. The van der Waals surface area contributed by atoms with E-state index in [0.29, 0.717) is 12.4 Å². The molecule has 0 radical (unpaired) electrons. The summed E-state index contributed by atoms with van der Waals surface area (Å²) in [5.74, 6) is 0.313. The van der Waals surface area contributed by atoms with Crippen molar-refractivity contribution in [1.82, 2.24) is 4.57 Å². The van der Waals surface area contributed by atoms with E-state index in [9.17, 15) is 9.18 Å². The van der Waals surface area contributed by atoms with E-state index in [-0.39, 0.29) is 16.2 Å². The monoisotopic (exact) mass is 413 g/mol. The first-order valence-corrected chi connectivity index (χ1v) is 9.31. The molecule has 0 unspecified atom stereocenters. The summed E-state index contributed by atoms with van der Waals surface area (Å²) in [6.07, 6.45) is 3.38. The number of nitrogens with zero attached hydrogens (tertiary/aromatic N) is 2. The van der Waals surface area contributed by atoms with Crippen LogP contribution < -0.4 is 15.5 Å². The van der Waals surface area contributed by atoms with Crippen LogP contribution in [0.4, 0.5) is 15.9 Å². The topological polar surface area (TPSA) is 55.6 Å². The van der Waals surface area contributed by atoms with Gasteiger partial charge in [-0.25, -0.2) is 4.39 Å². The molecule has 0 fully saturated rings. The molecule has 0 bridgehead atoms. The third kappa shape index (κ3) is 4.84. The van der Waals surface area contributed by atoms with E-state index < -0.39 is 5.82 Å². The number of hydrogen-bond acceptors (Lipinski definition) is 4. The van der Waals surface area contributed by atoms with Crippen LogP contribution >= 0.6 is 11.6 Å². The first kappa shape index (κ1) is 20.6. The predicted molar refractivity (Wildman–Crippen MR) is 116 cm³/mol. The number of rotatable bonds is 6. The van der Waals surface area contributed by atoms with Crippen molar-refractivity contribution in [3.8, 4) is 5.75 Å². The number of anilines is 2. The molecule has 0 spiro atoms. The van der Waals surface area contributed by atoms with Crippen molar-refractivity contribution in [3.05, 3.63) is 86.4 Å². The number of aliphatic imine (C=N–C) groups is 1. The summed E-state index contributed by atoms with van der Waals surface area (Å²) in [6, 6.07) is 11.9. The van der Waals surface area contributed by atoms with Crippen molar-refractivity contribution in [2.45, 2.75) is 13.5 Å². The predicted octanol–water partition coefficient (Wildman–Crippen LogP) is 4.80. The van der Waals surface area contributed by atoms with Crippen molar-refractivity contribution in [2.24, 2.45) is 4.99 Å². The van der Waals surface area contributed by atoms with E-state index >= 15 is 0 Å². The van der Waals surface area contributed by atoms with E-state index in [4.69, 9.17) is 16.3 Å². The van der Waals surface area contributed by atoms with Gasteiger partial charge in [-0.15, -0.1) is 0 Å². The van der Waals surface area contributed by atoms with Crippen LogP contribution in [-0.4, -0.2) is 24.9 Å². The van der Waals surface area contributed by atoms with Gasteiger partial charge >= 0.3 is 0 Å². The van der Waals surface area contributed by atoms with E-state index in [1.807, 2.05) is 29.7 Å². The Labute approximate surface area is 173 Å². The van der Waals surface area contributed by atoms with Crippen molar-refractivity contribution in [2.75, 3.05) is 19.5 Å². The zero-order valence-corrected chi connectivity index (χ0v) is 17.1. The van der Waals surface area contributed by atoms with Gasteiger partial charge in [-0.1, -0.05) is 29.8 Å². The van der Waals surface area contributed by atoms with E-state index in [0.717, 1.165) is 22.4 Å². The number of hydrogen-bond donors (Lipinski definition) is 1. The first-order chi connectivity index (χ1) is 13.9. The summed E-state index contributed by atoms with van der Waals surface area (Å²) in [5, 5.41) is 3.37. The Hall–Kier alpha value is -3.12. The molecule has 2 aromatic carbocycles. The van der Waals surface area contributed by atoms with Gasteiger partial charge in [0.15, 0.2) is 5.75 Å². The fourth-order valence-corrected chi connectivity index (χ4v) is 3.12. The molecule has 0 aliphatic rings. The second kappa shape index (κ2) is 8.92. The third-order valence-electron chi connectivity index (χ3n) is 4.45. The molecule has 1 N–H and O–H groups in total. The first-order valence-electron chi connectivity index (χ1n) is 8.93. The van der Waals surface area contributed by atoms with Gasteiger partial charge in [0.05, 0.1) is 18.3 Å². The number of methoxy groups -OCH3 is 1. The second-order valence-corrected chi connectivity index (χ2v) is 6.96. The minimum absolute atomic E-state index is 0.0485. The summed E-state index contributed by atoms with van der Waals surface area (Å²) in [7, 11) is 3.16. The van der Waals surface area contributed by atoms with Crippen LogP contribution in [0.25, 0.3) is 0 Å². The molecule has 0 aliphatic carbocycles. The second-order valence-electron chi connectivity index (χ2n) is 6.55. The third-order valence-corrected chi connectivity index (χ3v) is 4.74. The molecular formula is C22H21ClFN3O2. The van der Waals surface area contributed by atoms with Crippen molar-refractivity contribution in [1.29, 1.82) is 0 Å². The van der Waals surface area contributed by atoms with Gasteiger partial charge in [-0.3, -0.25) is 9.79 Å². The Balaban J connectivity index is 2.04. The zero-order chi connectivity index (χ0) is 21.0. The lowest BCUT2D eigenvalue weighted by Gasteiger charge is -2.18. The lowest BCUT2D eigenvalue weighted by Crippen LogP contribution is -2.15. The Bertz CT molecular complexity index is 1130.